The van der Waals surface area contributed by atoms with Crippen molar-refractivity contribution < 1.29 is 9.84 Å². The Bertz CT molecular complexity index is 218. The van der Waals surface area contributed by atoms with Crippen LogP contribution in [0.25, 0.3) is 0 Å². The molecule has 11 heavy (non-hydrogen) atoms. The van der Waals surface area contributed by atoms with Crippen molar-refractivity contribution in [2.75, 3.05) is 7.11 Å². The molecule has 0 unspecified atom stereocenters. The lowest BCUT2D eigenvalue weighted by Gasteiger charge is -2.19. The van der Waals surface area contributed by atoms with Gasteiger partial charge >= 0.3 is 0 Å². The SMILES string of the molecule is COC1=C(O)CC(Cl)(Cl)C=C1. The summed E-state index contributed by atoms with van der Waals surface area (Å²) in [5, 5.41) is 9.24. The van der Waals surface area contributed by atoms with Gasteiger partial charge in [-0.3, -0.25) is 0 Å². The summed E-state index contributed by atoms with van der Waals surface area (Å²) in [5.74, 6) is 0.502. The van der Waals surface area contributed by atoms with Crippen LogP contribution >= 0.6 is 23.2 Å². The fourth-order valence-corrected chi connectivity index (χ4v) is 1.23. The van der Waals surface area contributed by atoms with E-state index in [2.05, 4.69) is 0 Å². The third-order valence-corrected chi connectivity index (χ3v) is 1.91. The fourth-order valence-electron chi connectivity index (χ4n) is 0.849. The lowest BCUT2D eigenvalue weighted by Crippen LogP contribution is -2.15. The first-order valence-electron chi connectivity index (χ1n) is 3.08. The van der Waals surface area contributed by atoms with E-state index in [1.807, 2.05) is 0 Å². The Labute approximate surface area is 75.1 Å². The average molecular weight is 195 g/mol. The van der Waals surface area contributed by atoms with E-state index >= 15 is 0 Å². The van der Waals surface area contributed by atoms with Crippen LogP contribution in [0.5, 0.6) is 0 Å². The van der Waals surface area contributed by atoms with Crippen molar-refractivity contribution in [1.29, 1.82) is 0 Å². The van der Waals surface area contributed by atoms with Gasteiger partial charge in [0.2, 0.25) is 0 Å². The molecular weight excluding hydrogens is 187 g/mol. The Morgan fingerprint density at radius 2 is 2.27 bits per heavy atom. The third kappa shape index (κ3) is 2.04. The molecule has 0 radical (unpaired) electrons. The number of ether oxygens (including phenoxy) is 1. The minimum Gasteiger partial charge on any atom is -0.508 e. The van der Waals surface area contributed by atoms with Crippen molar-refractivity contribution in [2.24, 2.45) is 0 Å². The number of aliphatic hydroxyl groups excluding tert-OH is 1. The van der Waals surface area contributed by atoms with Gasteiger partial charge in [0.15, 0.2) is 5.76 Å². The monoisotopic (exact) mass is 194 g/mol. The number of hydrogen-bond donors (Lipinski definition) is 1. The number of allylic oxidation sites excluding steroid dienone is 3. The van der Waals surface area contributed by atoms with Crippen molar-refractivity contribution in [3.05, 3.63) is 23.7 Å². The zero-order valence-corrected chi connectivity index (χ0v) is 7.49. The quantitative estimate of drug-likeness (QED) is 0.651. The molecule has 4 heteroatoms. The van der Waals surface area contributed by atoms with Crippen molar-refractivity contribution in [3.8, 4) is 0 Å². The molecule has 0 aromatic rings. The van der Waals surface area contributed by atoms with Gasteiger partial charge in [-0.25, -0.2) is 0 Å². The van der Waals surface area contributed by atoms with E-state index in [1.165, 1.54) is 7.11 Å². The second-order valence-corrected chi connectivity index (χ2v) is 3.83. The maximum absolute atomic E-state index is 9.24. The van der Waals surface area contributed by atoms with Crippen LogP contribution < -0.4 is 0 Å². The average Bonchev–Trinajstić information content (AvgIpc) is 1.86. The van der Waals surface area contributed by atoms with E-state index in [1.54, 1.807) is 12.2 Å². The van der Waals surface area contributed by atoms with E-state index in [-0.39, 0.29) is 12.2 Å². The zero-order chi connectivity index (χ0) is 8.48. The first kappa shape index (κ1) is 8.75. The second kappa shape index (κ2) is 2.95. The molecule has 62 valence electrons. The lowest BCUT2D eigenvalue weighted by atomic mass is 10.1. The number of aliphatic hydroxyl groups is 1. The van der Waals surface area contributed by atoms with Gasteiger partial charge in [-0.15, -0.1) is 0 Å². The molecule has 0 fully saturated rings. The van der Waals surface area contributed by atoms with E-state index in [0.29, 0.717) is 5.76 Å². The minimum absolute atomic E-state index is 0.0833. The lowest BCUT2D eigenvalue weighted by molar-refractivity contribution is 0.257. The van der Waals surface area contributed by atoms with Gasteiger partial charge in [0.25, 0.3) is 0 Å². The van der Waals surface area contributed by atoms with Crippen LogP contribution in [0.4, 0.5) is 0 Å². The highest BCUT2D eigenvalue weighted by molar-refractivity contribution is 6.50. The first-order chi connectivity index (χ1) is 5.05. The van der Waals surface area contributed by atoms with Crippen LogP contribution in [0.15, 0.2) is 23.7 Å². The first-order valence-corrected chi connectivity index (χ1v) is 3.84. The van der Waals surface area contributed by atoms with E-state index < -0.39 is 4.33 Å². The molecule has 0 aromatic carbocycles. The van der Waals surface area contributed by atoms with Crippen LogP contribution in [-0.4, -0.2) is 16.5 Å². The molecule has 0 aliphatic heterocycles. The fraction of sp³-hybridized carbons (Fsp3) is 0.429. The number of rotatable bonds is 1. The van der Waals surface area contributed by atoms with Gasteiger partial charge in [-0.1, -0.05) is 23.2 Å². The Hall–Kier alpha value is -0.340. The Morgan fingerprint density at radius 3 is 2.73 bits per heavy atom. The highest BCUT2D eigenvalue weighted by Crippen LogP contribution is 2.34. The smallest absolute Gasteiger partial charge is 0.156 e. The minimum atomic E-state index is -0.994. The van der Waals surface area contributed by atoms with Crippen molar-refractivity contribution >= 4 is 23.2 Å². The summed E-state index contributed by atoms with van der Waals surface area (Å²) in [5.41, 5.74) is 0. The number of methoxy groups -OCH3 is 1. The molecule has 1 N–H and O–H groups in total. The molecule has 0 aromatic heterocycles. The summed E-state index contributed by atoms with van der Waals surface area (Å²) in [7, 11) is 1.48. The van der Waals surface area contributed by atoms with Gasteiger partial charge in [0.1, 0.15) is 10.1 Å². The summed E-state index contributed by atoms with van der Waals surface area (Å²) in [6.07, 6.45) is 3.32. The van der Waals surface area contributed by atoms with E-state index in [9.17, 15) is 5.11 Å². The Balaban J connectivity index is 2.82. The zero-order valence-electron chi connectivity index (χ0n) is 5.97. The standard InChI is InChI=1S/C7H8Cl2O2/c1-11-6-2-3-7(8,9)4-5(6)10/h2-3,10H,4H2,1H3. The maximum atomic E-state index is 9.24. The molecule has 1 aliphatic carbocycles. The van der Waals surface area contributed by atoms with Crippen LogP contribution in [0.2, 0.25) is 0 Å². The summed E-state index contributed by atoms with van der Waals surface area (Å²) in [6.45, 7) is 0. The van der Waals surface area contributed by atoms with E-state index in [0.717, 1.165) is 0 Å². The largest absolute Gasteiger partial charge is 0.508 e. The van der Waals surface area contributed by atoms with Crippen molar-refractivity contribution in [3.63, 3.8) is 0 Å². The molecule has 0 saturated heterocycles. The van der Waals surface area contributed by atoms with Crippen molar-refractivity contribution in [1.82, 2.24) is 0 Å². The molecule has 0 atom stereocenters. The highest BCUT2D eigenvalue weighted by atomic mass is 35.5. The summed E-state index contributed by atoms with van der Waals surface area (Å²) < 4.78 is 3.83. The molecule has 0 heterocycles. The van der Waals surface area contributed by atoms with Gasteiger partial charge in [0, 0.05) is 6.42 Å². The van der Waals surface area contributed by atoms with Gasteiger partial charge < -0.3 is 9.84 Å². The summed E-state index contributed by atoms with van der Waals surface area (Å²) in [4.78, 5) is 0. The van der Waals surface area contributed by atoms with Crippen LogP contribution in [0.3, 0.4) is 0 Å². The molecular formula is C7H8Cl2O2. The van der Waals surface area contributed by atoms with Crippen LogP contribution in [-0.2, 0) is 4.74 Å². The summed E-state index contributed by atoms with van der Waals surface area (Å²) >= 11 is 11.4. The predicted molar refractivity (Wildman–Crippen MR) is 44.9 cm³/mol. The Morgan fingerprint density at radius 1 is 1.64 bits per heavy atom. The van der Waals surface area contributed by atoms with Crippen LogP contribution in [0.1, 0.15) is 6.42 Å². The molecule has 1 aliphatic rings. The van der Waals surface area contributed by atoms with Gasteiger partial charge in [-0.2, -0.15) is 0 Å². The second-order valence-electron chi connectivity index (χ2n) is 2.29. The number of alkyl halides is 2. The normalized spacial score (nSPS) is 22.1. The molecule has 1 rings (SSSR count). The number of halogens is 2. The van der Waals surface area contributed by atoms with Gasteiger partial charge in [0.05, 0.1) is 7.11 Å². The third-order valence-electron chi connectivity index (χ3n) is 1.39. The van der Waals surface area contributed by atoms with Crippen molar-refractivity contribution in [2.45, 2.75) is 10.8 Å². The molecule has 0 spiro atoms. The molecule has 0 bridgehead atoms. The van der Waals surface area contributed by atoms with Crippen LogP contribution in [0, 0.1) is 0 Å². The number of hydrogen-bond acceptors (Lipinski definition) is 2. The molecule has 2 nitrogen and oxygen atoms in total. The predicted octanol–water partition coefficient (Wildman–Crippen LogP) is 2.54. The topological polar surface area (TPSA) is 29.5 Å². The van der Waals surface area contributed by atoms with E-state index in [4.69, 9.17) is 27.9 Å². The van der Waals surface area contributed by atoms with Gasteiger partial charge in [-0.05, 0) is 12.2 Å². The molecule has 0 saturated carbocycles. The summed E-state index contributed by atoms with van der Waals surface area (Å²) in [6, 6.07) is 0. The molecule has 0 amide bonds. The highest BCUT2D eigenvalue weighted by Gasteiger charge is 2.27. The maximum Gasteiger partial charge on any atom is 0.156 e. The Kier molecular flexibility index (Phi) is 2.35.